The van der Waals surface area contributed by atoms with E-state index in [0.29, 0.717) is 12.0 Å². The van der Waals surface area contributed by atoms with Gasteiger partial charge in [-0.05, 0) is 25.2 Å². The lowest BCUT2D eigenvalue weighted by Gasteiger charge is -2.15. The average molecular weight is 196 g/mol. The second kappa shape index (κ2) is 4.30. The summed E-state index contributed by atoms with van der Waals surface area (Å²) in [5.74, 6) is 0.773. The maximum Gasteiger partial charge on any atom is 0.237 e. The van der Waals surface area contributed by atoms with Gasteiger partial charge in [-0.3, -0.25) is 4.79 Å². The maximum atomic E-state index is 11.5. The van der Waals surface area contributed by atoms with E-state index in [-0.39, 0.29) is 11.9 Å². The molecule has 0 spiro atoms. The summed E-state index contributed by atoms with van der Waals surface area (Å²) >= 11 is 0. The van der Waals surface area contributed by atoms with E-state index in [1.54, 1.807) is 0 Å². The van der Waals surface area contributed by atoms with E-state index >= 15 is 0 Å². The van der Waals surface area contributed by atoms with Gasteiger partial charge in [0.05, 0.1) is 6.04 Å². The largest absolute Gasteiger partial charge is 0.352 e. The molecule has 0 bridgehead atoms. The Morgan fingerprint density at radius 1 is 1.29 bits per heavy atom. The fraction of sp³-hybridized carbons (Fsp3) is 0.909. The van der Waals surface area contributed by atoms with Crippen molar-refractivity contribution in [2.24, 2.45) is 11.7 Å². The van der Waals surface area contributed by atoms with Crippen molar-refractivity contribution < 1.29 is 4.79 Å². The summed E-state index contributed by atoms with van der Waals surface area (Å²) in [7, 11) is 0. The molecule has 2 saturated carbocycles. The molecular weight excluding hydrogens is 176 g/mol. The average Bonchev–Trinajstić information content (AvgIpc) is 2.81. The van der Waals surface area contributed by atoms with Crippen LogP contribution in [-0.4, -0.2) is 18.0 Å². The molecule has 2 aliphatic rings. The van der Waals surface area contributed by atoms with Gasteiger partial charge in [0.15, 0.2) is 0 Å². The van der Waals surface area contributed by atoms with E-state index in [2.05, 4.69) is 5.32 Å². The molecule has 3 nitrogen and oxygen atoms in total. The lowest BCUT2D eigenvalue weighted by Crippen LogP contribution is -2.42. The molecule has 14 heavy (non-hydrogen) atoms. The predicted molar refractivity (Wildman–Crippen MR) is 55.7 cm³/mol. The summed E-state index contributed by atoms with van der Waals surface area (Å²) in [6.45, 7) is 0. The summed E-state index contributed by atoms with van der Waals surface area (Å²) in [5.41, 5.74) is 5.86. The van der Waals surface area contributed by atoms with Crippen LogP contribution in [0.15, 0.2) is 0 Å². The highest BCUT2D eigenvalue weighted by Crippen LogP contribution is 2.28. The Morgan fingerprint density at radius 3 is 2.50 bits per heavy atom. The Morgan fingerprint density at radius 2 is 1.93 bits per heavy atom. The lowest BCUT2D eigenvalue weighted by atomic mass is 9.98. The van der Waals surface area contributed by atoms with Crippen LogP contribution in [0.25, 0.3) is 0 Å². The fourth-order valence-corrected chi connectivity index (χ4v) is 2.25. The molecule has 0 aromatic heterocycles. The molecule has 2 rings (SSSR count). The summed E-state index contributed by atoms with van der Waals surface area (Å²) in [6, 6.07) is 0.177. The standard InChI is InChI=1S/C11H20N2O/c12-10(7-8-3-1-2-4-8)11(14)13-9-5-6-9/h8-10H,1-7,12H2,(H,13,14). The molecule has 0 heterocycles. The van der Waals surface area contributed by atoms with Crippen molar-refractivity contribution in [2.45, 2.75) is 57.0 Å². The van der Waals surface area contributed by atoms with E-state index in [4.69, 9.17) is 5.73 Å². The minimum Gasteiger partial charge on any atom is -0.352 e. The van der Waals surface area contributed by atoms with Crippen LogP contribution in [0, 0.1) is 5.92 Å². The Hall–Kier alpha value is -0.570. The number of nitrogens with one attached hydrogen (secondary N) is 1. The first kappa shape index (κ1) is 9.97. The molecule has 1 amide bonds. The SMILES string of the molecule is NC(CC1CCCC1)C(=O)NC1CC1. The number of rotatable bonds is 4. The van der Waals surface area contributed by atoms with Crippen LogP contribution in [0.4, 0.5) is 0 Å². The first-order chi connectivity index (χ1) is 6.75. The zero-order valence-corrected chi connectivity index (χ0v) is 8.67. The van der Waals surface area contributed by atoms with Crippen LogP contribution in [0.1, 0.15) is 44.9 Å². The first-order valence-corrected chi connectivity index (χ1v) is 5.81. The van der Waals surface area contributed by atoms with Crippen LogP contribution in [-0.2, 0) is 4.79 Å². The second-order valence-corrected chi connectivity index (χ2v) is 4.78. The highest BCUT2D eigenvalue weighted by atomic mass is 16.2. The third kappa shape index (κ3) is 2.71. The molecule has 1 unspecified atom stereocenters. The van der Waals surface area contributed by atoms with Crippen molar-refractivity contribution in [3.8, 4) is 0 Å². The summed E-state index contributed by atoms with van der Waals surface area (Å²) in [4.78, 5) is 11.5. The highest BCUT2D eigenvalue weighted by molar-refractivity contribution is 5.82. The van der Waals surface area contributed by atoms with E-state index in [0.717, 1.165) is 19.3 Å². The number of amides is 1. The van der Waals surface area contributed by atoms with Crippen molar-refractivity contribution in [2.75, 3.05) is 0 Å². The highest BCUT2D eigenvalue weighted by Gasteiger charge is 2.27. The normalized spacial score (nSPS) is 24.9. The van der Waals surface area contributed by atoms with E-state index < -0.39 is 0 Å². The van der Waals surface area contributed by atoms with Gasteiger partial charge in [-0.2, -0.15) is 0 Å². The van der Waals surface area contributed by atoms with Crippen LogP contribution in [0.2, 0.25) is 0 Å². The number of hydrogen-bond acceptors (Lipinski definition) is 2. The topological polar surface area (TPSA) is 55.1 Å². The molecule has 1 atom stereocenters. The maximum absolute atomic E-state index is 11.5. The molecule has 2 aliphatic carbocycles. The fourth-order valence-electron chi connectivity index (χ4n) is 2.25. The van der Waals surface area contributed by atoms with E-state index in [1.165, 1.54) is 25.7 Å². The van der Waals surface area contributed by atoms with Gasteiger partial charge in [0.1, 0.15) is 0 Å². The summed E-state index contributed by atoms with van der Waals surface area (Å²) in [6.07, 6.45) is 8.35. The first-order valence-electron chi connectivity index (χ1n) is 5.81. The van der Waals surface area contributed by atoms with Gasteiger partial charge in [-0.25, -0.2) is 0 Å². The molecule has 3 N–H and O–H groups in total. The zero-order chi connectivity index (χ0) is 9.97. The third-order valence-electron chi connectivity index (χ3n) is 3.32. The molecule has 0 aromatic carbocycles. The Kier molecular flexibility index (Phi) is 3.06. The molecule has 3 heteroatoms. The predicted octanol–water partition coefficient (Wildman–Crippen LogP) is 1.17. The zero-order valence-electron chi connectivity index (χ0n) is 8.67. The number of carbonyl (C=O) groups is 1. The molecule has 2 fully saturated rings. The molecule has 0 saturated heterocycles. The summed E-state index contributed by atoms with van der Waals surface area (Å²) in [5, 5.41) is 2.96. The third-order valence-corrected chi connectivity index (χ3v) is 3.32. The van der Waals surface area contributed by atoms with Crippen LogP contribution in [0.3, 0.4) is 0 Å². The second-order valence-electron chi connectivity index (χ2n) is 4.78. The molecule has 80 valence electrons. The molecular formula is C11H20N2O. The van der Waals surface area contributed by atoms with Crippen molar-refractivity contribution in [3.63, 3.8) is 0 Å². The van der Waals surface area contributed by atoms with E-state index in [1.807, 2.05) is 0 Å². The minimum absolute atomic E-state index is 0.0689. The number of nitrogens with two attached hydrogens (primary N) is 1. The van der Waals surface area contributed by atoms with Gasteiger partial charge in [0, 0.05) is 6.04 Å². The molecule has 0 aliphatic heterocycles. The van der Waals surface area contributed by atoms with Crippen molar-refractivity contribution in [1.82, 2.24) is 5.32 Å². The summed E-state index contributed by atoms with van der Waals surface area (Å²) < 4.78 is 0. The van der Waals surface area contributed by atoms with Gasteiger partial charge >= 0.3 is 0 Å². The smallest absolute Gasteiger partial charge is 0.237 e. The quantitative estimate of drug-likeness (QED) is 0.709. The number of carbonyl (C=O) groups excluding carboxylic acids is 1. The van der Waals surface area contributed by atoms with Crippen LogP contribution >= 0.6 is 0 Å². The van der Waals surface area contributed by atoms with Crippen LogP contribution in [0.5, 0.6) is 0 Å². The molecule has 0 radical (unpaired) electrons. The Labute approximate surface area is 85.4 Å². The van der Waals surface area contributed by atoms with Crippen molar-refractivity contribution in [1.29, 1.82) is 0 Å². The van der Waals surface area contributed by atoms with Crippen LogP contribution < -0.4 is 11.1 Å². The van der Waals surface area contributed by atoms with E-state index in [9.17, 15) is 4.79 Å². The number of hydrogen-bond donors (Lipinski definition) is 2. The van der Waals surface area contributed by atoms with Crippen molar-refractivity contribution in [3.05, 3.63) is 0 Å². The Bertz CT molecular complexity index is 207. The monoisotopic (exact) mass is 196 g/mol. The van der Waals surface area contributed by atoms with Gasteiger partial charge in [0.2, 0.25) is 5.91 Å². The van der Waals surface area contributed by atoms with Gasteiger partial charge < -0.3 is 11.1 Å². The van der Waals surface area contributed by atoms with Crippen molar-refractivity contribution >= 4 is 5.91 Å². The molecule has 0 aromatic rings. The Balaban J connectivity index is 1.69. The van der Waals surface area contributed by atoms with Gasteiger partial charge in [-0.15, -0.1) is 0 Å². The van der Waals surface area contributed by atoms with Gasteiger partial charge in [-0.1, -0.05) is 25.7 Å². The minimum atomic E-state index is -0.265. The van der Waals surface area contributed by atoms with Gasteiger partial charge in [0.25, 0.3) is 0 Å². The lowest BCUT2D eigenvalue weighted by molar-refractivity contribution is -0.122.